The summed E-state index contributed by atoms with van der Waals surface area (Å²) < 4.78 is 5.22. The van der Waals surface area contributed by atoms with E-state index in [1.54, 1.807) is 12.1 Å². The van der Waals surface area contributed by atoms with Crippen molar-refractivity contribution in [2.75, 3.05) is 6.54 Å². The zero-order chi connectivity index (χ0) is 16.9. The Bertz CT molecular complexity index is 682. The molecule has 0 aliphatic heterocycles. The molecule has 1 atom stereocenters. The molecule has 1 heterocycles. The molecule has 1 aromatic heterocycles. The minimum absolute atomic E-state index is 0.0172. The van der Waals surface area contributed by atoms with Crippen molar-refractivity contribution in [1.29, 1.82) is 0 Å². The van der Waals surface area contributed by atoms with Gasteiger partial charge in [0.1, 0.15) is 0 Å². The van der Waals surface area contributed by atoms with Gasteiger partial charge in [-0.15, -0.1) is 0 Å². The Hall–Kier alpha value is -1.92. The number of benzene rings is 1. The molecule has 3 N–H and O–H groups in total. The van der Waals surface area contributed by atoms with Crippen LogP contribution in [0.25, 0.3) is 11.4 Å². The number of nitrogens with two attached hydrogens (primary N) is 1. The number of nitrogens with zero attached hydrogens (tertiary/aromatic N) is 2. The van der Waals surface area contributed by atoms with Crippen LogP contribution < -0.4 is 11.1 Å². The molecule has 7 heteroatoms. The van der Waals surface area contributed by atoms with Crippen LogP contribution in [0.2, 0.25) is 5.02 Å². The van der Waals surface area contributed by atoms with E-state index >= 15 is 0 Å². The lowest BCUT2D eigenvalue weighted by Gasteiger charge is -2.11. The van der Waals surface area contributed by atoms with Crippen LogP contribution in [0.15, 0.2) is 28.8 Å². The molecule has 3 rings (SSSR count). The second kappa shape index (κ2) is 7.77. The van der Waals surface area contributed by atoms with Crippen LogP contribution >= 0.6 is 11.6 Å². The van der Waals surface area contributed by atoms with Crippen LogP contribution in [-0.2, 0) is 11.2 Å². The molecular formula is C17H21ClN4O2. The summed E-state index contributed by atoms with van der Waals surface area (Å²) >= 11 is 5.86. The van der Waals surface area contributed by atoms with Gasteiger partial charge in [-0.05, 0) is 49.4 Å². The highest BCUT2D eigenvalue weighted by atomic mass is 35.5. The van der Waals surface area contributed by atoms with Crippen molar-refractivity contribution in [3.05, 3.63) is 35.2 Å². The fourth-order valence-corrected chi connectivity index (χ4v) is 2.61. The first-order valence-electron chi connectivity index (χ1n) is 8.22. The monoisotopic (exact) mass is 348 g/mol. The van der Waals surface area contributed by atoms with Gasteiger partial charge in [-0.25, -0.2) is 0 Å². The molecule has 2 aromatic rings. The van der Waals surface area contributed by atoms with E-state index in [0.717, 1.165) is 5.56 Å². The standard InChI is InChI=1S/C17H21ClN4O2/c18-13-8-6-12(7-9-13)17-21-16(24-22-17)3-1-2-15(23)20-10-14(19)11-4-5-11/h6-9,11,14H,1-5,10,19H2,(H,20,23). The molecular weight excluding hydrogens is 328 g/mol. The molecule has 1 saturated carbocycles. The molecule has 0 radical (unpaired) electrons. The summed E-state index contributed by atoms with van der Waals surface area (Å²) in [7, 11) is 0. The zero-order valence-electron chi connectivity index (χ0n) is 13.4. The maximum Gasteiger partial charge on any atom is 0.226 e. The van der Waals surface area contributed by atoms with Gasteiger partial charge in [0.05, 0.1) is 0 Å². The van der Waals surface area contributed by atoms with Crippen LogP contribution in [0.5, 0.6) is 0 Å². The number of hydrogen-bond donors (Lipinski definition) is 2. The lowest BCUT2D eigenvalue weighted by molar-refractivity contribution is -0.121. The number of nitrogens with one attached hydrogen (secondary N) is 1. The van der Waals surface area contributed by atoms with E-state index in [-0.39, 0.29) is 11.9 Å². The van der Waals surface area contributed by atoms with Gasteiger partial charge in [-0.3, -0.25) is 4.79 Å². The fraction of sp³-hybridized carbons (Fsp3) is 0.471. The molecule has 1 amide bonds. The number of rotatable bonds is 8. The smallest absolute Gasteiger partial charge is 0.226 e. The molecule has 1 aromatic carbocycles. The molecule has 1 unspecified atom stereocenters. The maximum atomic E-state index is 11.8. The normalized spacial score (nSPS) is 15.2. The van der Waals surface area contributed by atoms with E-state index in [1.807, 2.05) is 12.1 Å². The summed E-state index contributed by atoms with van der Waals surface area (Å²) in [6.07, 6.45) is 4.03. The topological polar surface area (TPSA) is 94.0 Å². The minimum Gasteiger partial charge on any atom is -0.355 e. The van der Waals surface area contributed by atoms with E-state index in [2.05, 4.69) is 15.5 Å². The summed E-state index contributed by atoms with van der Waals surface area (Å²) in [5.41, 5.74) is 6.81. The van der Waals surface area contributed by atoms with Gasteiger partial charge in [0, 0.05) is 36.0 Å². The molecule has 1 aliphatic carbocycles. The molecule has 24 heavy (non-hydrogen) atoms. The maximum absolute atomic E-state index is 11.8. The molecule has 128 valence electrons. The average molecular weight is 349 g/mol. The highest BCUT2D eigenvalue weighted by Gasteiger charge is 2.28. The van der Waals surface area contributed by atoms with Crippen LogP contribution in [-0.4, -0.2) is 28.6 Å². The van der Waals surface area contributed by atoms with Crippen molar-refractivity contribution in [3.63, 3.8) is 0 Å². The Morgan fingerprint density at radius 3 is 2.83 bits per heavy atom. The van der Waals surface area contributed by atoms with Gasteiger partial charge >= 0.3 is 0 Å². The number of halogens is 1. The van der Waals surface area contributed by atoms with Crippen molar-refractivity contribution < 1.29 is 9.32 Å². The molecule has 0 saturated heterocycles. The van der Waals surface area contributed by atoms with Gasteiger partial charge in [0.2, 0.25) is 17.6 Å². The largest absolute Gasteiger partial charge is 0.355 e. The van der Waals surface area contributed by atoms with Gasteiger partial charge in [-0.2, -0.15) is 4.98 Å². The third kappa shape index (κ3) is 4.79. The third-order valence-electron chi connectivity index (χ3n) is 4.13. The molecule has 6 nitrogen and oxygen atoms in total. The van der Waals surface area contributed by atoms with Crippen LogP contribution in [0, 0.1) is 5.92 Å². The lowest BCUT2D eigenvalue weighted by atomic mass is 10.2. The average Bonchev–Trinajstić information content (AvgIpc) is 3.33. The van der Waals surface area contributed by atoms with E-state index < -0.39 is 0 Å². The Kier molecular flexibility index (Phi) is 5.48. The second-order valence-electron chi connectivity index (χ2n) is 6.18. The summed E-state index contributed by atoms with van der Waals surface area (Å²) in [4.78, 5) is 16.1. The predicted molar refractivity (Wildman–Crippen MR) is 91.4 cm³/mol. The Balaban J connectivity index is 1.40. The summed E-state index contributed by atoms with van der Waals surface area (Å²) in [6.45, 7) is 0.560. The fourth-order valence-electron chi connectivity index (χ4n) is 2.48. The number of aryl methyl sites for hydroxylation is 1. The van der Waals surface area contributed by atoms with Gasteiger partial charge in [-0.1, -0.05) is 16.8 Å². The summed E-state index contributed by atoms with van der Waals surface area (Å²) in [6, 6.07) is 7.33. The summed E-state index contributed by atoms with van der Waals surface area (Å²) in [5, 5.41) is 7.50. The minimum atomic E-state index is 0.0172. The van der Waals surface area contributed by atoms with Crippen molar-refractivity contribution in [2.24, 2.45) is 11.7 Å². The van der Waals surface area contributed by atoms with Crippen molar-refractivity contribution in [2.45, 2.75) is 38.1 Å². The summed E-state index contributed by atoms with van der Waals surface area (Å²) in [5.74, 6) is 1.67. The number of carbonyl (C=O) groups excluding carboxylic acids is 1. The number of amides is 1. The zero-order valence-corrected chi connectivity index (χ0v) is 14.1. The van der Waals surface area contributed by atoms with Crippen molar-refractivity contribution in [3.8, 4) is 11.4 Å². The van der Waals surface area contributed by atoms with E-state index in [0.29, 0.717) is 48.5 Å². The molecule has 1 aliphatic rings. The first-order valence-corrected chi connectivity index (χ1v) is 8.60. The highest BCUT2D eigenvalue weighted by Crippen LogP contribution is 2.31. The Labute approximate surface area is 145 Å². The van der Waals surface area contributed by atoms with E-state index in [4.69, 9.17) is 21.9 Å². The molecule has 0 spiro atoms. The molecule has 1 fully saturated rings. The quantitative estimate of drug-likeness (QED) is 0.764. The Morgan fingerprint density at radius 2 is 2.12 bits per heavy atom. The Morgan fingerprint density at radius 1 is 1.38 bits per heavy atom. The van der Waals surface area contributed by atoms with Crippen LogP contribution in [0.3, 0.4) is 0 Å². The van der Waals surface area contributed by atoms with Crippen molar-refractivity contribution in [1.82, 2.24) is 15.5 Å². The van der Waals surface area contributed by atoms with Gasteiger partial charge in [0.25, 0.3) is 0 Å². The van der Waals surface area contributed by atoms with Gasteiger partial charge in [0.15, 0.2) is 0 Å². The lowest BCUT2D eigenvalue weighted by Crippen LogP contribution is -2.38. The first-order chi connectivity index (χ1) is 11.6. The number of hydrogen-bond acceptors (Lipinski definition) is 5. The van der Waals surface area contributed by atoms with Crippen LogP contribution in [0.1, 0.15) is 31.6 Å². The second-order valence-corrected chi connectivity index (χ2v) is 6.61. The van der Waals surface area contributed by atoms with Gasteiger partial charge < -0.3 is 15.6 Å². The SMILES string of the molecule is NC(CNC(=O)CCCc1nc(-c2ccc(Cl)cc2)no1)C1CC1. The molecule has 0 bridgehead atoms. The van der Waals surface area contributed by atoms with Crippen molar-refractivity contribution >= 4 is 17.5 Å². The number of aromatic nitrogens is 2. The predicted octanol–water partition coefficient (Wildman–Crippen LogP) is 2.57. The van der Waals surface area contributed by atoms with Crippen LogP contribution in [0.4, 0.5) is 0 Å². The third-order valence-corrected chi connectivity index (χ3v) is 4.38. The van der Waals surface area contributed by atoms with E-state index in [9.17, 15) is 4.79 Å². The van der Waals surface area contributed by atoms with E-state index in [1.165, 1.54) is 12.8 Å². The highest BCUT2D eigenvalue weighted by molar-refractivity contribution is 6.30. The first kappa shape index (κ1) is 16.9. The number of carbonyl (C=O) groups is 1.